The van der Waals surface area contributed by atoms with Gasteiger partial charge in [-0.1, -0.05) is 6.07 Å². The summed E-state index contributed by atoms with van der Waals surface area (Å²) in [5.41, 5.74) is 8.86. The van der Waals surface area contributed by atoms with E-state index in [-0.39, 0.29) is 5.41 Å². The van der Waals surface area contributed by atoms with Crippen molar-refractivity contribution in [2.45, 2.75) is 18.3 Å². The molecule has 0 spiro atoms. The lowest BCUT2D eigenvalue weighted by Gasteiger charge is -2.34. The summed E-state index contributed by atoms with van der Waals surface area (Å²) < 4.78 is 0. The van der Waals surface area contributed by atoms with E-state index >= 15 is 0 Å². The van der Waals surface area contributed by atoms with E-state index < -0.39 is 0 Å². The van der Waals surface area contributed by atoms with Gasteiger partial charge >= 0.3 is 0 Å². The molecule has 0 bridgehead atoms. The van der Waals surface area contributed by atoms with Gasteiger partial charge in [0.2, 0.25) is 0 Å². The SMILES string of the molecule is CN1CCN(c2ccc(C3(C#N)CC3)c(N)c2)CC1. The largest absolute Gasteiger partial charge is 0.398 e. The normalized spacial score (nSPS) is 22.0. The Hall–Kier alpha value is -1.73. The number of benzene rings is 1. The van der Waals surface area contributed by atoms with Crippen molar-refractivity contribution in [1.82, 2.24) is 4.90 Å². The lowest BCUT2D eigenvalue weighted by molar-refractivity contribution is 0.313. The van der Waals surface area contributed by atoms with Crippen LogP contribution in [0.5, 0.6) is 0 Å². The highest BCUT2D eigenvalue weighted by molar-refractivity contribution is 5.64. The molecule has 0 unspecified atom stereocenters. The Morgan fingerprint density at radius 1 is 1.21 bits per heavy atom. The molecule has 1 saturated heterocycles. The Morgan fingerprint density at radius 3 is 2.42 bits per heavy atom. The van der Waals surface area contributed by atoms with Gasteiger partial charge in [0, 0.05) is 37.6 Å². The first kappa shape index (κ1) is 12.3. The van der Waals surface area contributed by atoms with E-state index in [4.69, 9.17) is 5.73 Å². The molecule has 0 aromatic heterocycles. The molecule has 1 aromatic rings. The topological polar surface area (TPSA) is 56.3 Å². The standard InChI is InChI=1S/C15H20N4/c1-18-6-8-19(9-7-18)12-2-3-13(14(17)10-12)15(11-16)4-5-15/h2-3,10H,4-9,17H2,1H3. The summed E-state index contributed by atoms with van der Waals surface area (Å²) in [7, 11) is 2.15. The quantitative estimate of drug-likeness (QED) is 0.816. The Morgan fingerprint density at radius 2 is 1.89 bits per heavy atom. The van der Waals surface area contributed by atoms with Crippen molar-refractivity contribution < 1.29 is 0 Å². The molecule has 19 heavy (non-hydrogen) atoms. The highest BCUT2D eigenvalue weighted by Crippen LogP contribution is 2.50. The molecular formula is C15H20N4. The number of nitriles is 1. The second kappa shape index (κ2) is 4.43. The molecule has 0 atom stereocenters. The summed E-state index contributed by atoms with van der Waals surface area (Å²) in [6.45, 7) is 4.25. The van der Waals surface area contributed by atoms with Crippen LogP contribution in [-0.4, -0.2) is 38.1 Å². The molecule has 0 amide bonds. The summed E-state index contributed by atoms with van der Waals surface area (Å²) in [6, 6.07) is 8.63. The van der Waals surface area contributed by atoms with Gasteiger partial charge in [-0.2, -0.15) is 5.26 Å². The number of hydrogen-bond acceptors (Lipinski definition) is 4. The number of nitrogens with two attached hydrogens (primary N) is 1. The Balaban J connectivity index is 1.82. The van der Waals surface area contributed by atoms with Crippen LogP contribution in [0.3, 0.4) is 0 Å². The van der Waals surface area contributed by atoms with Crippen LogP contribution in [0, 0.1) is 11.3 Å². The van der Waals surface area contributed by atoms with Crippen LogP contribution in [0.4, 0.5) is 11.4 Å². The Labute approximate surface area is 114 Å². The minimum Gasteiger partial charge on any atom is -0.398 e. The molecule has 1 saturated carbocycles. The second-order valence-electron chi connectivity index (χ2n) is 5.76. The molecule has 2 N–H and O–H groups in total. The van der Waals surface area contributed by atoms with Gasteiger partial charge in [0.25, 0.3) is 0 Å². The van der Waals surface area contributed by atoms with E-state index in [9.17, 15) is 5.26 Å². The summed E-state index contributed by atoms with van der Waals surface area (Å²) in [5, 5.41) is 9.26. The van der Waals surface area contributed by atoms with Crippen molar-refractivity contribution in [3.63, 3.8) is 0 Å². The van der Waals surface area contributed by atoms with Crippen molar-refractivity contribution in [3.8, 4) is 6.07 Å². The van der Waals surface area contributed by atoms with Crippen LogP contribution >= 0.6 is 0 Å². The van der Waals surface area contributed by atoms with Gasteiger partial charge in [-0.3, -0.25) is 0 Å². The lowest BCUT2D eigenvalue weighted by atomic mass is 9.95. The van der Waals surface area contributed by atoms with Crippen molar-refractivity contribution in [2.24, 2.45) is 0 Å². The molecule has 1 aliphatic carbocycles. The fourth-order valence-electron chi connectivity index (χ4n) is 2.81. The Bertz CT molecular complexity index is 519. The molecule has 1 aromatic carbocycles. The fraction of sp³-hybridized carbons (Fsp3) is 0.533. The average molecular weight is 256 g/mol. The third kappa shape index (κ3) is 2.15. The molecule has 3 rings (SSSR count). The van der Waals surface area contributed by atoms with E-state index in [1.165, 1.54) is 5.69 Å². The fourth-order valence-corrected chi connectivity index (χ4v) is 2.81. The first-order valence-corrected chi connectivity index (χ1v) is 6.89. The predicted octanol–water partition coefficient (Wildman–Crippen LogP) is 1.58. The van der Waals surface area contributed by atoms with Crippen LogP contribution < -0.4 is 10.6 Å². The summed E-state index contributed by atoms with van der Waals surface area (Å²) in [4.78, 5) is 4.70. The van der Waals surface area contributed by atoms with Crippen LogP contribution in [0.2, 0.25) is 0 Å². The zero-order chi connectivity index (χ0) is 13.5. The van der Waals surface area contributed by atoms with E-state index in [1.54, 1.807) is 0 Å². The third-order valence-electron chi connectivity index (χ3n) is 4.38. The van der Waals surface area contributed by atoms with Crippen molar-refractivity contribution in [1.29, 1.82) is 5.26 Å². The lowest BCUT2D eigenvalue weighted by Crippen LogP contribution is -2.44. The van der Waals surface area contributed by atoms with Crippen molar-refractivity contribution >= 4 is 11.4 Å². The van der Waals surface area contributed by atoms with Crippen molar-refractivity contribution in [2.75, 3.05) is 43.9 Å². The third-order valence-corrected chi connectivity index (χ3v) is 4.38. The van der Waals surface area contributed by atoms with Crippen LogP contribution in [-0.2, 0) is 5.41 Å². The van der Waals surface area contributed by atoms with Gasteiger partial charge in [-0.25, -0.2) is 0 Å². The number of hydrogen-bond donors (Lipinski definition) is 1. The molecular weight excluding hydrogens is 236 g/mol. The monoisotopic (exact) mass is 256 g/mol. The number of likely N-dealkylation sites (N-methyl/N-ethyl adjacent to an activating group) is 1. The first-order chi connectivity index (χ1) is 9.14. The smallest absolute Gasteiger partial charge is 0.0843 e. The molecule has 4 nitrogen and oxygen atoms in total. The number of rotatable bonds is 2. The van der Waals surface area contributed by atoms with Gasteiger partial charge in [-0.15, -0.1) is 0 Å². The van der Waals surface area contributed by atoms with Gasteiger partial charge < -0.3 is 15.5 Å². The van der Waals surface area contributed by atoms with Crippen molar-refractivity contribution in [3.05, 3.63) is 23.8 Å². The maximum Gasteiger partial charge on any atom is 0.0843 e. The van der Waals surface area contributed by atoms with E-state index in [2.05, 4.69) is 35.0 Å². The molecule has 0 radical (unpaired) electrons. The number of anilines is 2. The molecule has 1 heterocycles. The maximum absolute atomic E-state index is 9.26. The average Bonchev–Trinajstić information content (AvgIpc) is 3.20. The van der Waals surface area contributed by atoms with Gasteiger partial charge in [0.1, 0.15) is 0 Å². The zero-order valence-electron chi connectivity index (χ0n) is 11.4. The number of nitrogens with zero attached hydrogens (tertiary/aromatic N) is 3. The van der Waals surface area contributed by atoms with Gasteiger partial charge in [0.15, 0.2) is 0 Å². The highest BCUT2D eigenvalue weighted by atomic mass is 15.2. The van der Waals surface area contributed by atoms with Crippen LogP contribution in [0.15, 0.2) is 18.2 Å². The number of piperazine rings is 1. The predicted molar refractivity (Wildman–Crippen MR) is 77.1 cm³/mol. The minimum atomic E-state index is -0.287. The van der Waals surface area contributed by atoms with Crippen LogP contribution in [0.25, 0.3) is 0 Å². The minimum absolute atomic E-state index is 0.287. The molecule has 4 heteroatoms. The van der Waals surface area contributed by atoms with Gasteiger partial charge in [-0.05, 0) is 37.6 Å². The molecule has 2 fully saturated rings. The first-order valence-electron chi connectivity index (χ1n) is 6.89. The molecule has 100 valence electrons. The zero-order valence-corrected chi connectivity index (χ0v) is 11.4. The molecule has 1 aliphatic heterocycles. The maximum atomic E-state index is 9.26. The van der Waals surface area contributed by atoms with E-state index in [1.807, 2.05) is 6.07 Å². The van der Waals surface area contributed by atoms with E-state index in [0.717, 1.165) is 50.3 Å². The van der Waals surface area contributed by atoms with Crippen LogP contribution in [0.1, 0.15) is 18.4 Å². The summed E-state index contributed by atoms with van der Waals surface area (Å²) in [6.07, 6.45) is 1.89. The second-order valence-corrected chi connectivity index (χ2v) is 5.76. The summed E-state index contributed by atoms with van der Waals surface area (Å²) >= 11 is 0. The highest BCUT2D eigenvalue weighted by Gasteiger charge is 2.46. The van der Waals surface area contributed by atoms with Gasteiger partial charge in [0.05, 0.1) is 11.5 Å². The Kier molecular flexibility index (Phi) is 2.87. The summed E-state index contributed by atoms with van der Waals surface area (Å²) in [5.74, 6) is 0. The molecule has 2 aliphatic rings. The number of nitrogen functional groups attached to an aromatic ring is 1. The van der Waals surface area contributed by atoms with E-state index in [0.29, 0.717) is 0 Å².